The summed E-state index contributed by atoms with van der Waals surface area (Å²) in [6.07, 6.45) is 2.23. The van der Waals surface area contributed by atoms with Gasteiger partial charge in [-0.1, -0.05) is 42.5 Å². The number of rotatable bonds is 5. The Morgan fingerprint density at radius 1 is 1.00 bits per heavy atom. The molecule has 1 fully saturated rings. The van der Waals surface area contributed by atoms with Gasteiger partial charge in [0.15, 0.2) is 0 Å². The number of carbonyl (C=O) groups is 2. The van der Waals surface area contributed by atoms with E-state index in [0.717, 1.165) is 31.5 Å². The highest BCUT2D eigenvalue weighted by Crippen LogP contribution is 2.21. The molecule has 1 saturated heterocycles. The molecule has 138 valence electrons. The van der Waals surface area contributed by atoms with Crippen molar-refractivity contribution in [2.75, 3.05) is 18.4 Å². The first-order chi connectivity index (χ1) is 12.1. The van der Waals surface area contributed by atoms with Crippen molar-refractivity contribution in [1.82, 2.24) is 4.90 Å². The SMILES string of the molecule is Cl.NC(CC(=O)Nc1ccccc1C(=O)N1CCCC1)c1ccccc1. The van der Waals surface area contributed by atoms with E-state index in [9.17, 15) is 9.59 Å². The van der Waals surface area contributed by atoms with Crippen LogP contribution in [-0.4, -0.2) is 29.8 Å². The van der Waals surface area contributed by atoms with Gasteiger partial charge in [0.25, 0.3) is 5.91 Å². The Kier molecular flexibility index (Phi) is 7.18. The summed E-state index contributed by atoms with van der Waals surface area (Å²) in [6, 6.07) is 16.3. The number of nitrogens with two attached hydrogens (primary N) is 1. The molecular formula is C20H24ClN3O2. The van der Waals surface area contributed by atoms with Gasteiger partial charge in [-0.2, -0.15) is 0 Å². The lowest BCUT2D eigenvalue weighted by Gasteiger charge is -2.18. The van der Waals surface area contributed by atoms with Gasteiger partial charge in [-0.15, -0.1) is 12.4 Å². The number of hydrogen-bond donors (Lipinski definition) is 2. The number of nitrogens with zero attached hydrogens (tertiary/aromatic N) is 1. The second-order valence-electron chi connectivity index (χ2n) is 6.31. The van der Waals surface area contributed by atoms with Gasteiger partial charge < -0.3 is 16.0 Å². The number of likely N-dealkylation sites (tertiary alicyclic amines) is 1. The summed E-state index contributed by atoms with van der Waals surface area (Å²) in [5, 5.41) is 2.85. The van der Waals surface area contributed by atoms with Crippen molar-refractivity contribution < 1.29 is 9.59 Å². The maximum atomic E-state index is 12.6. The van der Waals surface area contributed by atoms with Crippen LogP contribution < -0.4 is 11.1 Å². The van der Waals surface area contributed by atoms with Crippen molar-refractivity contribution in [1.29, 1.82) is 0 Å². The molecule has 2 aromatic carbocycles. The van der Waals surface area contributed by atoms with Crippen molar-refractivity contribution >= 4 is 29.9 Å². The van der Waals surface area contributed by atoms with Gasteiger partial charge in [0, 0.05) is 25.6 Å². The number of halogens is 1. The number of amides is 2. The highest BCUT2D eigenvalue weighted by Gasteiger charge is 2.22. The van der Waals surface area contributed by atoms with Crippen LogP contribution in [0.15, 0.2) is 54.6 Å². The number of nitrogens with one attached hydrogen (secondary N) is 1. The van der Waals surface area contributed by atoms with Crippen molar-refractivity contribution in [2.24, 2.45) is 5.73 Å². The molecule has 1 unspecified atom stereocenters. The van der Waals surface area contributed by atoms with Crippen LogP contribution in [0.2, 0.25) is 0 Å². The van der Waals surface area contributed by atoms with Crippen LogP contribution in [0.1, 0.15) is 41.2 Å². The molecule has 0 aromatic heterocycles. The van der Waals surface area contributed by atoms with Gasteiger partial charge in [0.05, 0.1) is 11.3 Å². The van der Waals surface area contributed by atoms with E-state index in [1.807, 2.05) is 47.4 Å². The van der Waals surface area contributed by atoms with Crippen LogP contribution >= 0.6 is 12.4 Å². The summed E-state index contributed by atoms with van der Waals surface area (Å²) in [5.74, 6) is -0.223. The molecule has 1 heterocycles. The third-order valence-electron chi connectivity index (χ3n) is 4.46. The summed E-state index contributed by atoms with van der Waals surface area (Å²) in [5.41, 5.74) is 8.11. The van der Waals surface area contributed by atoms with Crippen LogP contribution in [0, 0.1) is 0 Å². The Hall–Kier alpha value is -2.37. The van der Waals surface area contributed by atoms with E-state index >= 15 is 0 Å². The molecule has 5 nitrogen and oxygen atoms in total. The molecule has 0 aliphatic carbocycles. The fourth-order valence-electron chi connectivity index (χ4n) is 3.09. The van der Waals surface area contributed by atoms with E-state index in [0.29, 0.717) is 11.3 Å². The zero-order valence-electron chi connectivity index (χ0n) is 14.6. The highest BCUT2D eigenvalue weighted by molar-refractivity contribution is 6.03. The number of carbonyl (C=O) groups excluding carboxylic acids is 2. The van der Waals surface area contributed by atoms with Crippen LogP contribution in [0.4, 0.5) is 5.69 Å². The molecule has 0 saturated carbocycles. The predicted molar refractivity (Wildman–Crippen MR) is 105 cm³/mol. The summed E-state index contributed by atoms with van der Waals surface area (Å²) in [4.78, 5) is 26.9. The summed E-state index contributed by atoms with van der Waals surface area (Å²) in [6.45, 7) is 1.56. The molecule has 0 spiro atoms. The van der Waals surface area contributed by atoms with Crippen LogP contribution in [-0.2, 0) is 4.79 Å². The molecule has 2 aromatic rings. The molecule has 1 aliphatic rings. The summed E-state index contributed by atoms with van der Waals surface area (Å²) < 4.78 is 0. The maximum absolute atomic E-state index is 12.6. The van der Waals surface area contributed by atoms with Crippen LogP contribution in [0.25, 0.3) is 0 Å². The number of para-hydroxylation sites is 1. The standard InChI is InChI=1S/C20H23N3O2.ClH/c21-17(15-8-2-1-3-9-15)14-19(24)22-18-11-5-4-10-16(18)20(25)23-12-6-7-13-23;/h1-5,8-11,17H,6-7,12-14,21H2,(H,22,24);1H. The Morgan fingerprint density at radius 3 is 2.31 bits per heavy atom. The minimum atomic E-state index is -0.373. The van der Waals surface area contributed by atoms with Crippen molar-refractivity contribution in [3.8, 4) is 0 Å². The molecule has 0 bridgehead atoms. The van der Waals surface area contributed by atoms with E-state index < -0.39 is 0 Å². The molecule has 2 amide bonds. The van der Waals surface area contributed by atoms with Gasteiger partial charge in [0.1, 0.15) is 0 Å². The van der Waals surface area contributed by atoms with Crippen LogP contribution in [0.5, 0.6) is 0 Å². The lowest BCUT2D eigenvalue weighted by molar-refractivity contribution is -0.116. The van der Waals surface area contributed by atoms with Crippen LogP contribution in [0.3, 0.4) is 0 Å². The Morgan fingerprint density at radius 2 is 1.62 bits per heavy atom. The minimum Gasteiger partial charge on any atom is -0.339 e. The first-order valence-corrected chi connectivity index (χ1v) is 8.64. The molecule has 1 atom stereocenters. The Bertz CT molecular complexity index is 746. The fraction of sp³-hybridized carbons (Fsp3) is 0.300. The van der Waals surface area contributed by atoms with Crippen molar-refractivity contribution in [3.63, 3.8) is 0 Å². The highest BCUT2D eigenvalue weighted by atomic mass is 35.5. The normalized spacial score (nSPS) is 14.4. The Labute approximate surface area is 160 Å². The molecule has 3 N–H and O–H groups in total. The lowest BCUT2D eigenvalue weighted by atomic mass is 10.0. The fourth-order valence-corrected chi connectivity index (χ4v) is 3.09. The third-order valence-corrected chi connectivity index (χ3v) is 4.46. The summed E-state index contributed by atoms with van der Waals surface area (Å²) >= 11 is 0. The van der Waals surface area contributed by atoms with Gasteiger partial charge in [-0.3, -0.25) is 9.59 Å². The average Bonchev–Trinajstić information content (AvgIpc) is 3.17. The molecule has 26 heavy (non-hydrogen) atoms. The van der Waals surface area contributed by atoms with Crippen molar-refractivity contribution in [3.05, 3.63) is 65.7 Å². The van der Waals surface area contributed by atoms with E-state index in [1.54, 1.807) is 12.1 Å². The topological polar surface area (TPSA) is 75.4 Å². The number of benzene rings is 2. The minimum absolute atomic E-state index is 0. The second-order valence-corrected chi connectivity index (χ2v) is 6.31. The van der Waals surface area contributed by atoms with Crippen molar-refractivity contribution in [2.45, 2.75) is 25.3 Å². The Balaban J connectivity index is 0.00000243. The molecule has 1 aliphatic heterocycles. The molecule has 3 rings (SSSR count). The number of anilines is 1. The van der Waals surface area contributed by atoms with Gasteiger partial charge in [0.2, 0.25) is 5.91 Å². The van der Waals surface area contributed by atoms with E-state index in [2.05, 4.69) is 5.32 Å². The average molecular weight is 374 g/mol. The zero-order valence-corrected chi connectivity index (χ0v) is 15.4. The van der Waals surface area contributed by atoms with E-state index in [-0.39, 0.29) is 36.7 Å². The molecule has 6 heteroatoms. The van der Waals surface area contributed by atoms with Gasteiger partial charge in [-0.25, -0.2) is 0 Å². The first kappa shape index (κ1) is 19.9. The van der Waals surface area contributed by atoms with E-state index in [1.165, 1.54) is 0 Å². The molecule has 0 radical (unpaired) electrons. The molecular weight excluding hydrogens is 350 g/mol. The predicted octanol–water partition coefficient (Wildman–Crippen LogP) is 3.37. The zero-order chi connectivity index (χ0) is 17.6. The third kappa shape index (κ3) is 4.84. The first-order valence-electron chi connectivity index (χ1n) is 8.64. The monoisotopic (exact) mass is 373 g/mol. The lowest BCUT2D eigenvalue weighted by Crippen LogP contribution is -2.29. The largest absolute Gasteiger partial charge is 0.339 e. The second kappa shape index (κ2) is 9.36. The van der Waals surface area contributed by atoms with Gasteiger partial charge >= 0.3 is 0 Å². The quantitative estimate of drug-likeness (QED) is 0.843. The summed E-state index contributed by atoms with van der Waals surface area (Å²) in [7, 11) is 0. The van der Waals surface area contributed by atoms with Gasteiger partial charge in [-0.05, 0) is 30.5 Å². The maximum Gasteiger partial charge on any atom is 0.255 e. The number of hydrogen-bond acceptors (Lipinski definition) is 3. The smallest absolute Gasteiger partial charge is 0.255 e. The van der Waals surface area contributed by atoms with E-state index in [4.69, 9.17) is 5.73 Å².